The molecule has 4 aromatic rings. The molecule has 0 bridgehead atoms. The molecular weight excluding hydrogens is 404 g/mol. The number of anilines is 3. The predicted octanol–water partition coefficient (Wildman–Crippen LogP) is 6.22. The van der Waals surface area contributed by atoms with Crippen molar-refractivity contribution in [2.75, 3.05) is 10.6 Å². The summed E-state index contributed by atoms with van der Waals surface area (Å²) in [6, 6.07) is 20.0. The predicted molar refractivity (Wildman–Crippen MR) is 128 cm³/mol. The number of hydrogen-bond donors (Lipinski definition) is 2. The fourth-order valence-corrected chi connectivity index (χ4v) is 3.96. The Morgan fingerprint density at radius 1 is 1.00 bits per heavy atom. The number of hydrogen-bond acceptors (Lipinski definition) is 5. The molecule has 0 atom stereocenters. The molecule has 156 valence electrons. The minimum atomic E-state index is 0.0264. The van der Waals surface area contributed by atoms with Crippen molar-refractivity contribution in [3.05, 3.63) is 89.6 Å². The molecule has 5 nitrogen and oxygen atoms in total. The van der Waals surface area contributed by atoms with Crippen molar-refractivity contribution in [2.45, 2.75) is 26.2 Å². The highest BCUT2D eigenvalue weighted by Gasteiger charge is 2.07. The number of aromatic nitrogens is 2. The van der Waals surface area contributed by atoms with E-state index in [1.807, 2.05) is 41.8 Å². The number of nitrogens with one attached hydrogen (secondary N) is 2. The maximum Gasteiger partial charge on any atom is 0.224 e. The topological polar surface area (TPSA) is 66.9 Å². The maximum absolute atomic E-state index is 12.3. The highest BCUT2D eigenvalue weighted by atomic mass is 32.1. The van der Waals surface area contributed by atoms with Crippen LogP contribution in [0.5, 0.6) is 0 Å². The van der Waals surface area contributed by atoms with E-state index in [0.717, 1.165) is 40.6 Å². The summed E-state index contributed by atoms with van der Waals surface area (Å²) in [4.78, 5) is 21.0. The third-order valence-corrected chi connectivity index (χ3v) is 5.63. The molecular formula is C25H24N4OS. The second kappa shape index (κ2) is 10.00. The molecule has 0 radical (unpaired) electrons. The number of benzene rings is 2. The van der Waals surface area contributed by atoms with Crippen LogP contribution in [0.3, 0.4) is 0 Å². The SMILES string of the molecule is Cc1ccc(CCCC(=O)Nc2cccc(Nc3nc(-c4ccncc4)cs3)c2)cc1. The molecule has 31 heavy (non-hydrogen) atoms. The number of pyridine rings is 1. The van der Waals surface area contributed by atoms with Crippen LogP contribution in [0.15, 0.2) is 78.4 Å². The number of thiazole rings is 1. The van der Waals surface area contributed by atoms with Gasteiger partial charge in [0.05, 0.1) is 5.69 Å². The van der Waals surface area contributed by atoms with E-state index in [9.17, 15) is 4.79 Å². The lowest BCUT2D eigenvalue weighted by atomic mass is 10.1. The second-order valence-corrected chi connectivity index (χ2v) is 8.23. The Kier molecular flexibility index (Phi) is 6.69. The van der Waals surface area contributed by atoms with E-state index >= 15 is 0 Å². The average Bonchev–Trinajstić information content (AvgIpc) is 3.24. The molecule has 0 aliphatic heterocycles. The maximum atomic E-state index is 12.3. The van der Waals surface area contributed by atoms with E-state index in [4.69, 9.17) is 0 Å². The molecule has 0 saturated carbocycles. The Labute approximate surface area is 186 Å². The van der Waals surface area contributed by atoms with Gasteiger partial charge in [0.1, 0.15) is 0 Å². The van der Waals surface area contributed by atoms with Crippen LogP contribution in [-0.2, 0) is 11.2 Å². The van der Waals surface area contributed by atoms with E-state index in [2.05, 4.69) is 51.8 Å². The lowest BCUT2D eigenvalue weighted by Crippen LogP contribution is -2.11. The molecule has 0 spiro atoms. The van der Waals surface area contributed by atoms with Gasteiger partial charge in [-0.25, -0.2) is 4.98 Å². The second-order valence-electron chi connectivity index (χ2n) is 7.37. The van der Waals surface area contributed by atoms with Crippen molar-refractivity contribution in [1.82, 2.24) is 9.97 Å². The number of carbonyl (C=O) groups is 1. The average molecular weight is 429 g/mol. The van der Waals surface area contributed by atoms with Crippen LogP contribution in [0.25, 0.3) is 11.3 Å². The molecule has 0 aliphatic rings. The molecule has 4 rings (SSSR count). The fraction of sp³-hybridized carbons (Fsp3) is 0.160. The van der Waals surface area contributed by atoms with E-state index in [-0.39, 0.29) is 5.91 Å². The van der Waals surface area contributed by atoms with Crippen LogP contribution in [-0.4, -0.2) is 15.9 Å². The minimum absolute atomic E-state index is 0.0264. The molecule has 2 heterocycles. The first-order chi connectivity index (χ1) is 15.2. The Morgan fingerprint density at radius 2 is 1.77 bits per heavy atom. The summed E-state index contributed by atoms with van der Waals surface area (Å²) in [5, 5.41) is 9.12. The molecule has 0 aliphatic carbocycles. The van der Waals surface area contributed by atoms with Gasteiger partial charge in [0.2, 0.25) is 5.91 Å². The zero-order valence-electron chi connectivity index (χ0n) is 17.3. The zero-order chi connectivity index (χ0) is 21.5. The van der Waals surface area contributed by atoms with Gasteiger partial charge in [-0.1, -0.05) is 35.9 Å². The standard InChI is InChI=1S/C25H24N4OS/c1-18-8-10-19(11-9-18)4-2-7-24(30)27-21-5-3-6-22(16-21)28-25-29-23(17-31-25)20-12-14-26-15-13-20/h3,5-6,8-17H,2,4,7H2,1H3,(H,27,30)(H,28,29). The van der Waals surface area contributed by atoms with Gasteiger partial charge in [0.15, 0.2) is 5.13 Å². The highest BCUT2D eigenvalue weighted by Crippen LogP contribution is 2.27. The van der Waals surface area contributed by atoms with Crippen molar-refractivity contribution in [3.63, 3.8) is 0 Å². The third-order valence-electron chi connectivity index (χ3n) is 4.87. The molecule has 6 heteroatoms. The van der Waals surface area contributed by atoms with Crippen LogP contribution < -0.4 is 10.6 Å². The molecule has 2 aromatic carbocycles. The minimum Gasteiger partial charge on any atom is -0.331 e. The first-order valence-electron chi connectivity index (χ1n) is 10.2. The van der Waals surface area contributed by atoms with E-state index < -0.39 is 0 Å². The van der Waals surface area contributed by atoms with Gasteiger partial charge in [-0.15, -0.1) is 11.3 Å². The van der Waals surface area contributed by atoms with Crippen LogP contribution >= 0.6 is 11.3 Å². The van der Waals surface area contributed by atoms with Gasteiger partial charge >= 0.3 is 0 Å². The fourth-order valence-electron chi connectivity index (χ4n) is 3.22. The number of aryl methyl sites for hydroxylation is 2. The smallest absolute Gasteiger partial charge is 0.224 e. The molecule has 1 amide bonds. The largest absolute Gasteiger partial charge is 0.331 e. The summed E-state index contributed by atoms with van der Waals surface area (Å²) in [5.41, 5.74) is 6.11. The summed E-state index contributed by atoms with van der Waals surface area (Å²) in [6.45, 7) is 2.08. The van der Waals surface area contributed by atoms with Gasteiger partial charge in [-0.05, 0) is 55.7 Å². The van der Waals surface area contributed by atoms with Crippen LogP contribution in [0.4, 0.5) is 16.5 Å². The van der Waals surface area contributed by atoms with Gasteiger partial charge in [0.25, 0.3) is 0 Å². The summed E-state index contributed by atoms with van der Waals surface area (Å²) < 4.78 is 0. The molecule has 0 fully saturated rings. The molecule has 0 saturated heterocycles. The molecule has 0 unspecified atom stereocenters. The van der Waals surface area contributed by atoms with Gasteiger partial charge in [-0.3, -0.25) is 9.78 Å². The van der Waals surface area contributed by atoms with Gasteiger partial charge in [-0.2, -0.15) is 0 Å². The Balaban J connectivity index is 1.30. The Morgan fingerprint density at radius 3 is 2.58 bits per heavy atom. The monoisotopic (exact) mass is 428 g/mol. The van der Waals surface area contributed by atoms with Crippen molar-refractivity contribution >= 4 is 33.8 Å². The van der Waals surface area contributed by atoms with Crippen LogP contribution in [0.2, 0.25) is 0 Å². The zero-order valence-corrected chi connectivity index (χ0v) is 18.2. The summed E-state index contributed by atoms with van der Waals surface area (Å²) in [6.07, 6.45) is 5.74. The number of nitrogens with zero attached hydrogens (tertiary/aromatic N) is 2. The lowest BCUT2D eigenvalue weighted by molar-refractivity contribution is -0.116. The van der Waals surface area contributed by atoms with E-state index in [0.29, 0.717) is 6.42 Å². The number of carbonyl (C=O) groups excluding carboxylic acids is 1. The van der Waals surface area contributed by atoms with Crippen LogP contribution in [0, 0.1) is 6.92 Å². The van der Waals surface area contributed by atoms with Crippen molar-refractivity contribution in [3.8, 4) is 11.3 Å². The Bertz CT molecular complexity index is 1140. The lowest BCUT2D eigenvalue weighted by Gasteiger charge is -2.08. The molecule has 2 N–H and O–H groups in total. The van der Waals surface area contributed by atoms with Crippen molar-refractivity contribution < 1.29 is 4.79 Å². The Hall–Kier alpha value is -3.51. The summed E-state index contributed by atoms with van der Waals surface area (Å²) >= 11 is 1.54. The number of amides is 1. The number of rotatable bonds is 8. The highest BCUT2D eigenvalue weighted by molar-refractivity contribution is 7.14. The van der Waals surface area contributed by atoms with E-state index in [1.165, 1.54) is 22.5 Å². The first kappa shape index (κ1) is 20.8. The quantitative estimate of drug-likeness (QED) is 0.350. The van der Waals surface area contributed by atoms with Crippen molar-refractivity contribution in [1.29, 1.82) is 0 Å². The van der Waals surface area contributed by atoms with Crippen LogP contribution in [0.1, 0.15) is 24.0 Å². The van der Waals surface area contributed by atoms with Gasteiger partial charge in [0, 0.05) is 41.1 Å². The van der Waals surface area contributed by atoms with Crippen molar-refractivity contribution in [2.24, 2.45) is 0 Å². The van der Waals surface area contributed by atoms with Gasteiger partial charge < -0.3 is 10.6 Å². The summed E-state index contributed by atoms with van der Waals surface area (Å²) in [5.74, 6) is 0.0264. The third kappa shape index (κ3) is 5.99. The molecule has 2 aromatic heterocycles. The van der Waals surface area contributed by atoms with E-state index in [1.54, 1.807) is 12.4 Å². The summed E-state index contributed by atoms with van der Waals surface area (Å²) in [7, 11) is 0. The first-order valence-corrected chi connectivity index (χ1v) is 11.1. The normalized spacial score (nSPS) is 10.6.